The van der Waals surface area contributed by atoms with Crippen LogP contribution in [-0.4, -0.2) is 22.8 Å². The van der Waals surface area contributed by atoms with Crippen LogP contribution in [0.15, 0.2) is 60.8 Å². The molecule has 0 aliphatic heterocycles. The topological polar surface area (TPSA) is 56.2 Å². The second-order valence-corrected chi connectivity index (χ2v) is 7.16. The minimum absolute atomic E-state index is 0.240. The lowest BCUT2D eigenvalue weighted by molar-refractivity contribution is 0.0814. The van der Waals surface area contributed by atoms with Crippen molar-refractivity contribution in [3.8, 4) is 11.4 Å². The van der Waals surface area contributed by atoms with E-state index in [2.05, 4.69) is 10.4 Å². The van der Waals surface area contributed by atoms with E-state index in [-0.39, 0.29) is 17.1 Å². The van der Waals surface area contributed by atoms with Crippen molar-refractivity contribution in [2.45, 2.75) is 24.8 Å². The summed E-state index contributed by atoms with van der Waals surface area (Å²) in [6.45, 7) is 0. The summed E-state index contributed by atoms with van der Waals surface area (Å²) >= 11 is 6.01. The zero-order chi connectivity index (χ0) is 18.9. The molecular formula is C21H20ClN3O2. The lowest BCUT2D eigenvalue weighted by Gasteiger charge is -2.43. The van der Waals surface area contributed by atoms with Crippen LogP contribution in [0.3, 0.4) is 0 Å². The summed E-state index contributed by atoms with van der Waals surface area (Å²) in [5.41, 5.74) is 1.84. The molecule has 3 aromatic rings. The molecule has 1 aromatic heterocycles. The maximum absolute atomic E-state index is 13.0. The van der Waals surface area contributed by atoms with Crippen molar-refractivity contribution >= 4 is 17.5 Å². The fraction of sp³-hybridized carbons (Fsp3) is 0.238. The van der Waals surface area contributed by atoms with Gasteiger partial charge in [-0.3, -0.25) is 4.79 Å². The van der Waals surface area contributed by atoms with E-state index in [9.17, 15) is 4.79 Å². The van der Waals surface area contributed by atoms with Gasteiger partial charge in [-0.1, -0.05) is 41.9 Å². The van der Waals surface area contributed by atoms with Gasteiger partial charge in [-0.2, -0.15) is 5.10 Å². The SMILES string of the molecule is COc1cn(-c2ccccc2)nc1C(=O)NC1(c2ccc(Cl)cc2)CCC1. The third-order valence-electron chi connectivity index (χ3n) is 5.09. The number of para-hydroxylation sites is 1. The van der Waals surface area contributed by atoms with Gasteiger partial charge in [-0.05, 0) is 49.1 Å². The molecule has 0 saturated heterocycles. The molecule has 1 aliphatic carbocycles. The lowest BCUT2D eigenvalue weighted by Crippen LogP contribution is -2.50. The van der Waals surface area contributed by atoms with Crippen LogP contribution in [0.2, 0.25) is 5.02 Å². The Morgan fingerprint density at radius 1 is 1.15 bits per heavy atom. The Morgan fingerprint density at radius 2 is 1.85 bits per heavy atom. The van der Waals surface area contributed by atoms with Crippen LogP contribution in [0.25, 0.3) is 5.69 Å². The predicted molar refractivity (Wildman–Crippen MR) is 105 cm³/mol. The van der Waals surface area contributed by atoms with Gasteiger partial charge >= 0.3 is 0 Å². The quantitative estimate of drug-likeness (QED) is 0.715. The number of amides is 1. The zero-order valence-electron chi connectivity index (χ0n) is 15.0. The first-order valence-corrected chi connectivity index (χ1v) is 9.27. The first kappa shape index (κ1) is 17.6. The highest BCUT2D eigenvalue weighted by molar-refractivity contribution is 6.30. The maximum Gasteiger partial charge on any atom is 0.276 e. The van der Waals surface area contributed by atoms with E-state index in [4.69, 9.17) is 16.3 Å². The van der Waals surface area contributed by atoms with Gasteiger partial charge in [0.25, 0.3) is 5.91 Å². The molecule has 1 saturated carbocycles. The number of hydrogen-bond acceptors (Lipinski definition) is 3. The van der Waals surface area contributed by atoms with Crippen molar-refractivity contribution in [2.24, 2.45) is 0 Å². The molecule has 6 heteroatoms. The average Bonchev–Trinajstić information content (AvgIpc) is 3.11. The summed E-state index contributed by atoms with van der Waals surface area (Å²) in [6, 6.07) is 17.3. The van der Waals surface area contributed by atoms with Crippen LogP contribution >= 0.6 is 11.6 Å². The zero-order valence-corrected chi connectivity index (χ0v) is 15.7. The number of halogens is 1. The summed E-state index contributed by atoms with van der Waals surface area (Å²) in [7, 11) is 1.54. The molecule has 0 bridgehead atoms. The van der Waals surface area contributed by atoms with E-state index >= 15 is 0 Å². The number of nitrogens with zero attached hydrogens (tertiary/aromatic N) is 2. The van der Waals surface area contributed by atoms with Crippen molar-refractivity contribution in [2.75, 3.05) is 7.11 Å². The van der Waals surface area contributed by atoms with Crippen LogP contribution in [-0.2, 0) is 5.54 Å². The second-order valence-electron chi connectivity index (χ2n) is 6.72. The fourth-order valence-electron chi connectivity index (χ4n) is 3.44. The van der Waals surface area contributed by atoms with E-state index in [0.29, 0.717) is 10.8 Å². The largest absolute Gasteiger partial charge is 0.493 e. The molecule has 0 spiro atoms. The van der Waals surface area contributed by atoms with Crippen LogP contribution in [0.4, 0.5) is 0 Å². The van der Waals surface area contributed by atoms with Crippen LogP contribution in [0, 0.1) is 0 Å². The summed E-state index contributed by atoms with van der Waals surface area (Å²) in [5.74, 6) is 0.207. The van der Waals surface area contributed by atoms with Gasteiger partial charge in [-0.25, -0.2) is 4.68 Å². The highest BCUT2D eigenvalue weighted by Gasteiger charge is 2.41. The second kappa shape index (κ2) is 7.08. The van der Waals surface area contributed by atoms with Gasteiger partial charge in [0, 0.05) is 5.02 Å². The van der Waals surface area contributed by atoms with Gasteiger partial charge in [0.05, 0.1) is 24.5 Å². The molecule has 1 N–H and O–H groups in total. The Labute approximate surface area is 162 Å². The monoisotopic (exact) mass is 381 g/mol. The van der Waals surface area contributed by atoms with E-state index in [1.165, 1.54) is 0 Å². The molecule has 1 heterocycles. The van der Waals surface area contributed by atoms with E-state index in [1.54, 1.807) is 18.0 Å². The van der Waals surface area contributed by atoms with Crippen molar-refractivity contribution in [1.29, 1.82) is 0 Å². The summed E-state index contributed by atoms with van der Waals surface area (Å²) < 4.78 is 7.05. The molecule has 1 fully saturated rings. The van der Waals surface area contributed by atoms with Crippen molar-refractivity contribution in [3.63, 3.8) is 0 Å². The molecule has 1 aliphatic rings. The minimum atomic E-state index is -0.372. The Bertz CT molecular complexity index is 947. The van der Waals surface area contributed by atoms with Crippen LogP contribution < -0.4 is 10.1 Å². The van der Waals surface area contributed by atoms with Crippen molar-refractivity contribution < 1.29 is 9.53 Å². The molecule has 5 nitrogen and oxygen atoms in total. The number of aromatic nitrogens is 2. The summed E-state index contributed by atoms with van der Waals surface area (Å²) in [4.78, 5) is 13.0. The third-order valence-corrected chi connectivity index (χ3v) is 5.35. The number of carbonyl (C=O) groups excluding carboxylic acids is 1. The average molecular weight is 382 g/mol. The fourth-order valence-corrected chi connectivity index (χ4v) is 3.57. The lowest BCUT2D eigenvalue weighted by atomic mass is 9.71. The standard InChI is InChI=1S/C21H20ClN3O2/c1-27-18-14-25(17-6-3-2-4-7-17)24-19(18)20(26)23-21(12-5-13-21)15-8-10-16(22)11-9-15/h2-4,6-11,14H,5,12-13H2,1H3,(H,23,26). The number of methoxy groups -OCH3 is 1. The molecule has 0 atom stereocenters. The van der Waals surface area contributed by atoms with Gasteiger partial charge in [0.15, 0.2) is 11.4 Å². The molecule has 138 valence electrons. The molecule has 0 unspecified atom stereocenters. The number of ether oxygens (including phenoxy) is 1. The first-order chi connectivity index (χ1) is 13.1. The normalized spacial score (nSPS) is 15.0. The van der Waals surface area contributed by atoms with Crippen LogP contribution in [0.1, 0.15) is 35.3 Å². The number of carbonyl (C=O) groups is 1. The summed E-state index contributed by atoms with van der Waals surface area (Å²) in [6.07, 6.45) is 4.57. The van der Waals surface area contributed by atoms with Crippen molar-refractivity contribution in [1.82, 2.24) is 15.1 Å². The predicted octanol–water partition coefficient (Wildman–Crippen LogP) is 4.34. The molecule has 27 heavy (non-hydrogen) atoms. The first-order valence-electron chi connectivity index (χ1n) is 8.89. The number of benzene rings is 2. The highest BCUT2D eigenvalue weighted by atomic mass is 35.5. The molecule has 2 aromatic carbocycles. The molecule has 1 amide bonds. The number of hydrogen-bond donors (Lipinski definition) is 1. The van der Waals surface area contributed by atoms with Gasteiger partial charge in [0.2, 0.25) is 0 Å². The van der Waals surface area contributed by atoms with E-state index in [1.807, 2.05) is 54.6 Å². The Kier molecular flexibility index (Phi) is 4.62. The van der Waals surface area contributed by atoms with E-state index < -0.39 is 0 Å². The van der Waals surface area contributed by atoms with Gasteiger partial charge in [0.1, 0.15) is 0 Å². The Hall–Kier alpha value is -2.79. The molecular weight excluding hydrogens is 362 g/mol. The van der Waals surface area contributed by atoms with Crippen LogP contribution in [0.5, 0.6) is 5.75 Å². The van der Waals surface area contributed by atoms with Crippen molar-refractivity contribution in [3.05, 3.63) is 77.1 Å². The Balaban J connectivity index is 1.62. The maximum atomic E-state index is 13.0. The molecule has 0 radical (unpaired) electrons. The smallest absolute Gasteiger partial charge is 0.276 e. The van der Waals surface area contributed by atoms with E-state index in [0.717, 1.165) is 30.5 Å². The number of nitrogens with one attached hydrogen (secondary N) is 1. The third kappa shape index (κ3) is 3.30. The van der Waals surface area contributed by atoms with Gasteiger partial charge < -0.3 is 10.1 Å². The highest BCUT2D eigenvalue weighted by Crippen LogP contribution is 2.42. The Morgan fingerprint density at radius 3 is 2.44 bits per heavy atom. The summed E-state index contributed by atoms with van der Waals surface area (Å²) in [5, 5.41) is 8.33. The molecule has 4 rings (SSSR count). The van der Waals surface area contributed by atoms with Gasteiger partial charge in [-0.15, -0.1) is 0 Å². The number of rotatable bonds is 5. The minimum Gasteiger partial charge on any atom is -0.493 e.